The molecule has 31 heavy (non-hydrogen) atoms. The minimum atomic E-state index is -3.59. The van der Waals surface area contributed by atoms with Crippen molar-refractivity contribution in [3.05, 3.63) is 95.7 Å². The molecule has 0 radical (unpaired) electrons. The molecule has 0 aliphatic carbocycles. The van der Waals surface area contributed by atoms with Crippen molar-refractivity contribution in [3.63, 3.8) is 0 Å². The standard InChI is InChI=1S/C25H19F2N3O/c1-16-7-11-18(12-8-16)23-22(15-29(28-23)19-13-9-17(2)10-14-19)30-21-6-4-3-5-20(21)25(26,27)24(30)31/h3-15H,1-2H3. The number of aromatic nitrogens is 2. The van der Waals surface area contributed by atoms with Crippen molar-refractivity contribution in [2.45, 2.75) is 19.8 Å². The molecule has 0 bridgehead atoms. The number of nitrogens with zero attached hydrogens (tertiary/aromatic N) is 3. The number of benzene rings is 3. The third-order valence-corrected chi connectivity index (χ3v) is 5.51. The van der Waals surface area contributed by atoms with Crippen molar-refractivity contribution < 1.29 is 13.6 Å². The number of anilines is 2. The lowest BCUT2D eigenvalue weighted by molar-refractivity contribution is -0.140. The SMILES string of the molecule is Cc1ccc(-c2nn(-c3ccc(C)cc3)cc2N2C(=O)C(F)(F)c3ccccc32)cc1. The molecule has 0 N–H and O–H groups in total. The second-order valence-corrected chi connectivity index (χ2v) is 7.74. The molecule has 1 aliphatic heterocycles. The highest BCUT2D eigenvalue weighted by Gasteiger charge is 2.54. The van der Waals surface area contributed by atoms with Crippen molar-refractivity contribution in [1.82, 2.24) is 9.78 Å². The number of carbonyl (C=O) groups excluding carboxylic acids is 1. The molecular formula is C25H19F2N3O. The summed E-state index contributed by atoms with van der Waals surface area (Å²) in [6.45, 7) is 3.95. The van der Waals surface area contributed by atoms with Crippen LogP contribution in [0.1, 0.15) is 16.7 Å². The number of hydrogen-bond acceptors (Lipinski definition) is 2. The molecule has 0 saturated carbocycles. The predicted octanol–water partition coefficient (Wildman–Crippen LogP) is 5.93. The zero-order valence-corrected chi connectivity index (χ0v) is 17.0. The monoisotopic (exact) mass is 415 g/mol. The molecule has 5 rings (SSSR count). The molecule has 0 spiro atoms. The highest BCUT2D eigenvalue weighted by Crippen LogP contribution is 2.49. The van der Waals surface area contributed by atoms with E-state index in [1.165, 1.54) is 18.2 Å². The first-order valence-corrected chi connectivity index (χ1v) is 9.92. The van der Waals surface area contributed by atoms with Crippen LogP contribution in [-0.4, -0.2) is 15.7 Å². The van der Waals surface area contributed by atoms with Gasteiger partial charge >= 0.3 is 11.8 Å². The van der Waals surface area contributed by atoms with Crippen LogP contribution in [0.15, 0.2) is 79.0 Å². The Bertz CT molecular complexity index is 1290. The van der Waals surface area contributed by atoms with Gasteiger partial charge in [0.15, 0.2) is 0 Å². The number of amides is 1. The van der Waals surface area contributed by atoms with Crippen molar-refractivity contribution in [2.24, 2.45) is 0 Å². The maximum absolute atomic E-state index is 14.8. The van der Waals surface area contributed by atoms with Crippen molar-refractivity contribution >= 4 is 17.3 Å². The highest BCUT2D eigenvalue weighted by atomic mass is 19.3. The van der Waals surface area contributed by atoms with E-state index in [1.807, 2.05) is 62.4 Å². The normalized spacial score (nSPS) is 14.7. The lowest BCUT2D eigenvalue weighted by Crippen LogP contribution is -2.31. The van der Waals surface area contributed by atoms with Crippen LogP contribution < -0.4 is 4.90 Å². The Kier molecular flexibility index (Phi) is 4.25. The molecule has 4 nitrogen and oxygen atoms in total. The summed E-state index contributed by atoms with van der Waals surface area (Å²) in [5.41, 5.74) is 4.34. The van der Waals surface area contributed by atoms with E-state index in [2.05, 4.69) is 5.10 Å². The molecule has 2 heterocycles. The second kappa shape index (κ2) is 6.87. The Morgan fingerprint density at radius 1 is 0.806 bits per heavy atom. The number of halogens is 2. The molecule has 1 aliphatic rings. The molecule has 0 saturated heterocycles. The Morgan fingerprint density at radius 3 is 2.10 bits per heavy atom. The Labute approximate surface area is 178 Å². The number of para-hydroxylation sites is 1. The number of fused-ring (bicyclic) bond motifs is 1. The van der Waals surface area contributed by atoms with Crippen molar-refractivity contribution in [2.75, 3.05) is 4.90 Å². The second-order valence-electron chi connectivity index (χ2n) is 7.74. The lowest BCUT2D eigenvalue weighted by atomic mass is 10.1. The largest absolute Gasteiger partial charge is 0.352 e. The van der Waals surface area contributed by atoms with E-state index in [4.69, 9.17) is 0 Å². The number of alkyl halides is 2. The van der Waals surface area contributed by atoms with Crippen LogP contribution in [0, 0.1) is 13.8 Å². The maximum Gasteiger partial charge on any atom is 0.352 e. The quantitative estimate of drug-likeness (QED) is 0.416. The molecule has 154 valence electrons. The summed E-state index contributed by atoms with van der Waals surface area (Å²) in [6.07, 6.45) is 1.63. The van der Waals surface area contributed by atoms with Crippen LogP contribution in [0.25, 0.3) is 16.9 Å². The number of carbonyl (C=O) groups is 1. The van der Waals surface area contributed by atoms with Gasteiger partial charge < -0.3 is 0 Å². The highest BCUT2D eigenvalue weighted by molar-refractivity contribution is 6.12. The lowest BCUT2D eigenvalue weighted by Gasteiger charge is -2.17. The third-order valence-electron chi connectivity index (χ3n) is 5.51. The van der Waals surface area contributed by atoms with Gasteiger partial charge in [-0.3, -0.25) is 9.69 Å². The van der Waals surface area contributed by atoms with Crippen LogP contribution in [0.2, 0.25) is 0 Å². The summed E-state index contributed by atoms with van der Waals surface area (Å²) in [5.74, 6) is -4.86. The first kappa shape index (κ1) is 19.2. The van der Waals surface area contributed by atoms with Gasteiger partial charge in [0.25, 0.3) is 0 Å². The van der Waals surface area contributed by atoms with E-state index in [9.17, 15) is 13.6 Å². The van der Waals surface area contributed by atoms with Gasteiger partial charge in [-0.1, -0.05) is 65.7 Å². The van der Waals surface area contributed by atoms with Crippen LogP contribution in [0.5, 0.6) is 0 Å². The van der Waals surface area contributed by atoms with E-state index in [0.717, 1.165) is 27.3 Å². The Balaban J connectivity index is 1.73. The van der Waals surface area contributed by atoms with Crippen LogP contribution in [0.3, 0.4) is 0 Å². The summed E-state index contributed by atoms with van der Waals surface area (Å²) in [4.78, 5) is 13.9. The predicted molar refractivity (Wildman–Crippen MR) is 116 cm³/mol. The van der Waals surface area contributed by atoms with Gasteiger partial charge in [0.1, 0.15) is 5.69 Å². The van der Waals surface area contributed by atoms with E-state index in [0.29, 0.717) is 11.4 Å². The van der Waals surface area contributed by atoms with Crippen molar-refractivity contribution in [1.29, 1.82) is 0 Å². The fourth-order valence-electron chi connectivity index (χ4n) is 3.81. The average Bonchev–Trinajstić information content (AvgIpc) is 3.27. The summed E-state index contributed by atoms with van der Waals surface area (Å²) < 4.78 is 31.2. The zero-order valence-electron chi connectivity index (χ0n) is 17.0. The first-order chi connectivity index (χ1) is 14.9. The molecule has 3 aromatic carbocycles. The summed E-state index contributed by atoms with van der Waals surface area (Å²) >= 11 is 0. The van der Waals surface area contributed by atoms with Gasteiger partial charge in [0.2, 0.25) is 0 Å². The average molecular weight is 415 g/mol. The molecule has 1 amide bonds. The molecule has 0 fully saturated rings. The fourth-order valence-corrected chi connectivity index (χ4v) is 3.81. The number of hydrogen-bond donors (Lipinski definition) is 0. The van der Waals surface area contributed by atoms with Gasteiger partial charge in [-0.2, -0.15) is 13.9 Å². The fraction of sp³-hybridized carbons (Fsp3) is 0.120. The molecule has 4 aromatic rings. The summed E-state index contributed by atoms with van der Waals surface area (Å²) in [6, 6.07) is 21.3. The molecular weight excluding hydrogens is 396 g/mol. The Morgan fingerprint density at radius 2 is 1.42 bits per heavy atom. The molecule has 0 unspecified atom stereocenters. The summed E-state index contributed by atoms with van der Waals surface area (Å²) in [7, 11) is 0. The van der Waals surface area contributed by atoms with E-state index < -0.39 is 11.8 Å². The number of aryl methyl sites for hydroxylation is 2. The van der Waals surface area contributed by atoms with Gasteiger partial charge in [-0.25, -0.2) is 4.68 Å². The van der Waals surface area contributed by atoms with Crippen LogP contribution in [0.4, 0.5) is 20.2 Å². The zero-order chi connectivity index (χ0) is 21.8. The Hall–Kier alpha value is -3.80. The van der Waals surface area contributed by atoms with E-state index >= 15 is 0 Å². The smallest absolute Gasteiger partial charge is 0.271 e. The van der Waals surface area contributed by atoms with Crippen LogP contribution in [-0.2, 0) is 10.7 Å². The van der Waals surface area contributed by atoms with Gasteiger partial charge in [0, 0.05) is 5.56 Å². The molecule has 1 aromatic heterocycles. The van der Waals surface area contributed by atoms with E-state index in [-0.39, 0.29) is 11.3 Å². The van der Waals surface area contributed by atoms with Crippen molar-refractivity contribution in [3.8, 4) is 16.9 Å². The first-order valence-electron chi connectivity index (χ1n) is 9.92. The summed E-state index contributed by atoms with van der Waals surface area (Å²) in [5, 5.41) is 4.69. The van der Waals surface area contributed by atoms with E-state index in [1.54, 1.807) is 16.9 Å². The molecule has 0 atom stereocenters. The topological polar surface area (TPSA) is 38.1 Å². The van der Waals surface area contributed by atoms with Gasteiger partial charge in [-0.15, -0.1) is 0 Å². The van der Waals surface area contributed by atoms with Crippen LogP contribution >= 0.6 is 0 Å². The minimum absolute atomic E-state index is 0.175. The third kappa shape index (κ3) is 3.03. The molecule has 6 heteroatoms. The minimum Gasteiger partial charge on any atom is -0.271 e. The van der Waals surface area contributed by atoms with Gasteiger partial charge in [0.05, 0.1) is 28.8 Å². The van der Waals surface area contributed by atoms with Gasteiger partial charge in [-0.05, 0) is 32.0 Å². The number of rotatable bonds is 3. The maximum atomic E-state index is 14.8.